The quantitative estimate of drug-likeness (QED) is 0.799. The summed E-state index contributed by atoms with van der Waals surface area (Å²) in [5.74, 6) is 3.18. The first-order valence-corrected chi connectivity index (χ1v) is 7.35. The maximum absolute atomic E-state index is 14.3. The van der Waals surface area contributed by atoms with Gasteiger partial charge in [0.15, 0.2) is 5.17 Å². The Labute approximate surface area is 116 Å². The summed E-state index contributed by atoms with van der Waals surface area (Å²) in [7, 11) is 0. The van der Waals surface area contributed by atoms with Gasteiger partial charge >= 0.3 is 0 Å². The highest BCUT2D eigenvalue weighted by atomic mass is 32.2. The number of halogens is 1. The van der Waals surface area contributed by atoms with Crippen molar-refractivity contribution in [2.24, 2.45) is 16.6 Å². The van der Waals surface area contributed by atoms with E-state index in [0.717, 1.165) is 25.0 Å². The highest BCUT2D eigenvalue weighted by Gasteiger charge is 2.47. The topological polar surface area (TPSA) is 38.4 Å². The Balaban J connectivity index is 2.13. The third-order valence-corrected chi connectivity index (χ3v) is 5.06. The van der Waals surface area contributed by atoms with E-state index in [1.54, 1.807) is 23.9 Å². The van der Waals surface area contributed by atoms with Gasteiger partial charge in [-0.15, -0.1) is 0 Å². The van der Waals surface area contributed by atoms with Crippen molar-refractivity contribution in [2.75, 3.05) is 5.75 Å². The Hall–Kier alpha value is -1.47. The lowest BCUT2D eigenvalue weighted by Gasteiger charge is -2.36. The lowest BCUT2D eigenvalue weighted by atomic mass is 9.81. The number of fused-ring (bicyclic) bond motifs is 1. The summed E-state index contributed by atoms with van der Waals surface area (Å²) in [5, 5.41) is 0.556. The van der Waals surface area contributed by atoms with E-state index in [1.165, 1.54) is 6.07 Å². The molecule has 2 aliphatic rings. The minimum absolute atomic E-state index is 0.299. The average Bonchev–Trinajstić information content (AvgIpc) is 2.81. The molecule has 1 saturated carbocycles. The van der Waals surface area contributed by atoms with Crippen LogP contribution in [0.4, 0.5) is 4.39 Å². The van der Waals surface area contributed by atoms with Crippen molar-refractivity contribution in [2.45, 2.75) is 24.8 Å². The van der Waals surface area contributed by atoms with Gasteiger partial charge in [-0.2, -0.15) is 0 Å². The van der Waals surface area contributed by atoms with E-state index >= 15 is 0 Å². The van der Waals surface area contributed by atoms with Crippen LogP contribution in [0.15, 0.2) is 23.2 Å². The molecule has 1 aromatic carbocycles. The molecule has 2 unspecified atom stereocenters. The fourth-order valence-electron chi connectivity index (χ4n) is 3.20. The second-order valence-corrected chi connectivity index (χ2v) is 6.13. The molecule has 0 aromatic heterocycles. The molecule has 19 heavy (non-hydrogen) atoms. The standard InChI is InChI=1S/C15H14FN2S/c1-2-10-5-6-12(13(16)8-10)15-7-3-4-11(15)9-19-14(17)18-15/h5-6,8,11H,3-4,7,9H2,(H2,17,18). The lowest BCUT2D eigenvalue weighted by Crippen LogP contribution is -2.37. The molecule has 0 amide bonds. The fourth-order valence-corrected chi connectivity index (χ4v) is 4.24. The number of amidine groups is 1. The second-order valence-electron chi connectivity index (χ2n) is 5.09. The molecular formula is C15H14FN2S. The molecule has 3 rings (SSSR count). The lowest BCUT2D eigenvalue weighted by molar-refractivity contribution is 0.341. The monoisotopic (exact) mass is 273 g/mol. The number of hydrogen-bond acceptors (Lipinski definition) is 3. The number of rotatable bonds is 1. The molecule has 0 bridgehead atoms. The summed E-state index contributed by atoms with van der Waals surface area (Å²) in [4.78, 5) is 4.61. The van der Waals surface area contributed by atoms with Crippen molar-refractivity contribution in [3.05, 3.63) is 41.6 Å². The minimum Gasteiger partial charge on any atom is -0.379 e. The van der Waals surface area contributed by atoms with Gasteiger partial charge in [0.25, 0.3) is 0 Å². The van der Waals surface area contributed by atoms with Crippen molar-refractivity contribution < 1.29 is 4.39 Å². The number of aliphatic imine (C=N–C) groups is 1. The highest BCUT2D eigenvalue weighted by Crippen LogP contribution is 2.51. The molecule has 1 aliphatic carbocycles. The van der Waals surface area contributed by atoms with E-state index in [1.807, 2.05) is 0 Å². The van der Waals surface area contributed by atoms with Gasteiger partial charge in [0.1, 0.15) is 5.82 Å². The molecule has 2 nitrogen and oxygen atoms in total. The van der Waals surface area contributed by atoms with Crippen LogP contribution in [-0.4, -0.2) is 10.9 Å². The van der Waals surface area contributed by atoms with Crippen LogP contribution in [0.5, 0.6) is 0 Å². The fraction of sp³-hybridized carbons (Fsp3) is 0.400. The molecule has 1 aromatic rings. The van der Waals surface area contributed by atoms with Gasteiger partial charge in [-0.3, -0.25) is 4.99 Å². The maximum Gasteiger partial charge on any atom is 0.154 e. The molecule has 2 N–H and O–H groups in total. The summed E-state index contributed by atoms with van der Waals surface area (Å²) in [6, 6.07) is 4.83. The molecule has 1 aliphatic heterocycles. The van der Waals surface area contributed by atoms with E-state index in [9.17, 15) is 4.39 Å². The molecule has 1 radical (unpaired) electrons. The molecular weight excluding hydrogens is 259 g/mol. The van der Waals surface area contributed by atoms with Crippen LogP contribution in [0.3, 0.4) is 0 Å². The van der Waals surface area contributed by atoms with E-state index < -0.39 is 5.54 Å². The van der Waals surface area contributed by atoms with Crippen LogP contribution in [0.1, 0.15) is 30.4 Å². The van der Waals surface area contributed by atoms with E-state index in [2.05, 4.69) is 10.9 Å². The van der Waals surface area contributed by atoms with Gasteiger partial charge < -0.3 is 5.73 Å². The Bertz CT molecular complexity index is 590. The van der Waals surface area contributed by atoms with Crippen LogP contribution < -0.4 is 5.73 Å². The number of thioether (sulfide) groups is 1. The normalized spacial score (nSPS) is 29.5. The zero-order valence-corrected chi connectivity index (χ0v) is 11.3. The van der Waals surface area contributed by atoms with Gasteiger partial charge in [-0.1, -0.05) is 30.2 Å². The number of nitrogens with zero attached hydrogens (tertiary/aromatic N) is 1. The first-order valence-electron chi connectivity index (χ1n) is 6.36. The molecule has 1 fully saturated rings. The summed E-state index contributed by atoms with van der Waals surface area (Å²) >= 11 is 1.56. The van der Waals surface area contributed by atoms with Crippen molar-refractivity contribution in [1.82, 2.24) is 0 Å². The SMILES string of the molecule is [C]#Cc1ccc(C23CCCC2CSC(N)=N3)c(F)c1. The van der Waals surface area contributed by atoms with Crippen molar-refractivity contribution in [3.8, 4) is 5.92 Å². The highest BCUT2D eigenvalue weighted by molar-refractivity contribution is 8.13. The molecule has 97 valence electrons. The second kappa shape index (κ2) is 4.57. The van der Waals surface area contributed by atoms with E-state index in [4.69, 9.17) is 12.2 Å². The third kappa shape index (κ3) is 1.93. The zero-order chi connectivity index (χ0) is 13.5. The van der Waals surface area contributed by atoms with Gasteiger partial charge in [0, 0.05) is 16.9 Å². The summed E-state index contributed by atoms with van der Waals surface area (Å²) in [6.07, 6.45) is 10.0. The summed E-state index contributed by atoms with van der Waals surface area (Å²) in [6.45, 7) is 0. The largest absolute Gasteiger partial charge is 0.379 e. The molecule has 4 heteroatoms. The van der Waals surface area contributed by atoms with Crippen LogP contribution in [-0.2, 0) is 5.54 Å². The number of benzene rings is 1. The first-order chi connectivity index (χ1) is 9.15. The van der Waals surface area contributed by atoms with Gasteiger partial charge in [-0.25, -0.2) is 4.39 Å². The number of hydrogen-bond donors (Lipinski definition) is 1. The van der Waals surface area contributed by atoms with Crippen LogP contribution in [0, 0.1) is 24.1 Å². The molecule has 0 saturated heterocycles. The predicted octanol–water partition coefficient (Wildman–Crippen LogP) is 2.82. The number of nitrogens with two attached hydrogens (primary N) is 1. The van der Waals surface area contributed by atoms with Crippen molar-refractivity contribution >= 4 is 16.9 Å². The van der Waals surface area contributed by atoms with Crippen LogP contribution in [0.25, 0.3) is 0 Å². The van der Waals surface area contributed by atoms with E-state index in [0.29, 0.717) is 22.2 Å². The van der Waals surface area contributed by atoms with Gasteiger partial charge in [0.2, 0.25) is 0 Å². The summed E-state index contributed by atoms with van der Waals surface area (Å²) in [5.41, 5.74) is 6.46. The van der Waals surface area contributed by atoms with E-state index in [-0.39, 0.29) is 5.82 Å². The van der Waals surface area contributed by atoms with Crippen molar-refractivity contribution in [1.29, 1.82) is 0 Å². The average molecular weight is 273 g/mol. The first kappa shape index (κ1) is 12.6. The Morgan fingerprint density at radius 1 is 1.53 bits per heavy atom. The Morgan fingerprint density at radius 3 is 3.11 bits per heavy atom. The van der Waals surface area contributed by atoms with Gasteiger partial charge in [-0.05, 0) is 37.3 Å². The Kier molecular flexibility index (Phi) is 3.02. The molecule has 1 heterocycles. The smallest absolute Gasteiger partial charge is 0.154 e. The molecule has 2 atom stereocenters. The maximum atomic E-state index is 14.3. The van der Waals surface area contributed by atoms with Crippen molar-refractivity contribution in [3.63, 3.8) is 0 Å². The third-order valence-electron chi connectivity index (χ3n) is 4.11. The summed E-state index contributed by atoms with van der Waals surface area (Å²) < 4.78 is 14.3. The zero-order valence-electron chi connectivity index (χ0n) is 10.4. The Morgan fingerprint density at radius 2 is 2.37 bits per heavy atom. The van der Waals surface area contributed by atoms with Crippen LogP contribution >= 0.6 is 11.8 Å². The minimum atomic E-state index is -0.486. The predicted molar refractivity (Wildman–Crippen MR) is 75.7 cm³/mol. The van der Waals surface area contributed by atoms with Crippen LogP contribution in [0.2, 0.25) is 0 Å². The van der Waals surface area contributed by atoms with Gasteiger partial charge in [0.05, 0.1) is 5.54 Å². The molecule has 0 spiro atoms.